The number of nitrogens with zero attached hydrogens (tertiary/aromatic N) is 2. The number of hydrogen-bond acceptors (Lipinski definition) is 6. The van der Waals surface area contributed by atoms with Crippen LogP contribution in [0.25, 0.3) is 0 Å². The van der Waals surface area contributed by atoms with Crippen LogP contribution in [-0.2, 0) is 14.8 Å². The lowest BCUT2D eigenvalue weighted by Crippen LogP contribution is -2.46. The lowest BCUT2D eigenvalue weighted by Gasteiger charge is -2.27. The minimum Gasteiger partial charge on any atom is -0.497 e. The maximum absolute atomic E-state index is 12.5. The highest BCUT2D eigenvalue weighted by Gasteiger charge is 2.29. The van der Waals surface area contributed by atoms with Gasteiger partial charge in [-0.15, -0.1) is 0 Å². The van der Waals surface area contributed by atoms with Crippen molar-refractivity contribution in [2.45, 2.75) is 19.9 Å². The fraction of sp³-hybridized carbons (Fsp3) is 0.300. The third-order valence-electron chi connectivity index (χ3n) is 3.99. The van der Waals surface area contributed by atoms with E-state index in [1.165, 1.54) is 20.2 Å². The highest BCUT2D eigenvalue weighted by molar-refractivity contribution is 7.92. The molecular formula is C20H25N3O5S. The van der Waals surface area contributed by atoms with Crippen LogP contribution in [-0.4, -0.2) is 46.6 Å². The molecule has 1 atom stereocenters. The predicted octanol–water partition coefficient (Wildman–Crippen LogP) is 2.40. The molecule has 9 heteroatoms. The Morgan fingerprint density at radius 1 is 1.14 bits per heavy atom. The average molecular weight is 420 g/mol. The zero-order valence-corrected chi connectivity index (χ0v) is 17.6. The smallest absolute Gasteiger partial charge is 0.263 e. The van der Waals surface area contributed by atoms with Crippen LogP contribution >= 0.6 is 0 Å². The molecule has 2 rings (SSSR count). The van der Waals surface area contributed by atoms with Gasteiger partial charge in [0.15, 0.2) is 0 Å². The maximum atomic E-state index is 12.5. The summed E-state index contributed by atoms with van der Waals surface area (Å²) < 4.78 is 36.0. The van der Waals surface area contributed by atoms with Gasteiger partial charge in [-0.25, -0.2) is 13.8 Å². The third-order valence-corrected chi connectivity index (χ3v) is 5.24. The van der Waals surface area contributed by atoms with Crippen LogP contribution in [0.2, 0.25) is 0 Å². The van der Waals surface area contributed by atoms with Gasteiger partial charge in [0.25, 0.3) is 5.91 Å². The van der Waals surface area contributed by atoms with Crippen molar-refractivity contribution in [3.63, 3.8) is 0 Å². The summed E-state index contributed by atoms with van der Waals surface area (Å²) in [6, 6.07) is 12.6. The van der Waals surface area contributed by atoms with Crippen molar-refractivity contribution in [1.29, 1.82) is 0 Å². The largest absolute Gasteiger partial charge is 0.497 e. The molecule has 2 aromatic rings. The summed E-state index contributed by atoms with van der Waals surface area (Å²) in [6.45, 7) is 3.97. The number of hydrazone groups is 1. The molecule has 8 nitrogen and oxygen atoms in total. The molecule has 0 radical (unpaired) electrons. The summed E-state index contributed by atoms with van der Waals surface area (Å²) in [5, 5.41) is 3.92. The first-order chi connectivity index (χ1) is 13.8. The Labute approximate surface area is 171 Å². The number of carbonyl (C=O) groups is 1. The molecule has 0 aromatic heterocycles. The molecule has 1 N–H and O–H groups in total. The van der Waals surface area contributed by atoms with Crippen LogP contribution in [0.4, 0.5) is 5.69 Å². The van der Waals surface area contributed by atoms with Crippen LogP contribution in [0.1, 0.15) is 19.4 Å². The van der Waals surface area contributed by atoms with E-state index < -0.39 is 22.0 Å². The molecule has 29 heavy (non-hydrogen) atoms. The summed E-state index contributed by atoms with van der Waals surface area (Å²) in [7, 11) is -2.19. The molecule has 0 spiro atoms. The summed E-state index contributed by atoms with van der Waals surface area (Å²) >= 11 is 0. The van der Waals surface area contributed by atoms with E-state index in [9.17, 15) is 13.2 Å². The SMILES string of the molecule is CCOc1ccc(/C=N\NC(=O)[C@H](C)N(c2ccc(OC)cc2)S(C)(=O)=O)cc1. The van der Waals surface area contributed by atoms with Crippen molar-refractivity contribution in [1.82, 2.24) is 5.43 Å². The number of ether oxygens (including phenoxy) is 2. The molecule has 0 aliphatic rings. The van der Waals surface area contributed by atoms with E-state index in [4.69, 9.17) is 9.47 Å². The van der Waals surface area contributed by atoms with Gasteiger partial charge in [0, 0.05) is 0 Å². The van der Waals surface area contributed by atoms with Gasteiger partial charge in [-0.2, -0.15) is 5.10 Å². The van der Waals surface area contributed by atoms with Crippen LogP contribution in [0.15, 0.2) is 53.6 Å². The summed E-state index contributed by atoms with van der Waals surface area (Å²) in [6.07, 6.45) is 2.52. The van der Waals surface area contributed by atoms with Gasteiger partial charge >= 0.3 is 0 Å². The van der Waals surface area contributed by atoms with Gasteiger partial charge in [-0.05, 0) is 67.9 Å². The molecule has 0 heterocycles. The van der Waals surface area contributed by atoms with Gasteiger partial charge in [-0.1, -0.05) is 0 Å². The minimum absolute atomic E-state index is 0.353. The van der Waals surface area contributed by atoms with E-state index in [0.717, 1.165) is 21.9 Å². The molecule has 0 aliphatic carbocycles. The standard InChI is InChI=1S/C20H25N3O5S/c1-5-28-19-10-6-16(7-11-19)14-21-22-20(24)15(2)23(29(4,25)26)17-8-12-18(27-3)13-9-17/h6-15H,5H2,1-4H3,(H,22,24)/b21-14-/t15-/m0/s1. The van der Waals surface area contributed by atoms with Crippen molar-refractivity contribution in [3.8, 4) is 11.5 Å². The average Bonchev–Trinajstić information content (AvgIpc) is 2.69. The summed E-state index contributed by atoms with van der Waals surface area (Å²) in [5.41, 5.74) is 3.50. The molecule has 2 aromatic carbocycles. The van der Waals surface area contributed by atoms with Gasteiger partial charge in [0.05, 0.1) is 31.9 Å². The van der Waals surface area contributed by atoms with E-state index in [1.54, 1.807) is 48.5 Å². The Morgan fingerprint density at radius 2 is 1.72 bits per heavy atom. The van der Waals surface area contributed by atoms with E-state index in [2.05, 4.69) is 10.5 Å². The Bertz CT molecular complexity index is 941. The highest BCUT2D eigenvalue weighted by Crippen LogP contribution is 2.23. The highest BCUT2D eigenvalue weighted by atomic mass is 32.2. The Kier molecular flexibility index (Phi) is 7.60. The maximum Gasteiger partial charge on any atom is 0.263 e. The van der Waals surface area contributed by atoms with Gasteiger partial charge in [-0.3, -0.25) is 9.10 Å². The third kappa shape index (κ3) is 6.21. The van der Waals surface area contributed by atoms with E-state index in [-0.39, 0.29) is 0 Å². The number of nitrogens with one attached hydrogen (secondary N) is 1. The van der Waals surface area contributed by atoms with Crippen LogP contribution in [0.3, 0.4) is 0 Å². The van der Waals surface area contributed by atoms with Crippen molar-refractivity contribution in [3.05, 3.63) is 54.1 Å². The van der Waals surface area contributed by atoms with E-state index in [1.807, 2.05) is 6.92 Å². The van der Waals surface area contributed by atoms with E-state index >= 15 is 0 Å². The van der Waals surface area contributed by atoms with Gasteiger partial charge in [0.1, 0.15) is 17.5 Å². The summed E-state index contributed by atoms with van der Waals surface area (Å²) in [5.74, 6) is 0.762. The molecule has 0 fully saturated rings. The molecule has 0 bridgehead atoms. The summed E-state index contributed by atoms with van der Waals surface area (Å²) in [4.78, 5) is 12.5. The quantitative estimate of drug-likeness (QED) is 0.497. The zero-order chi connectivity index (χ0) is 21.4. The number of carbonyl (C=O) groups excluding carboxylic acids is 1. The molecule has 156 valence electrons. The molecule has 0 unspecified atom stereocenters. The second-order valence-corrected chi connectivity index (χ2v) is 8.03. The van der Waals surface area contributed by atoms with Crippen molar-refractivity contribution in [2.75, 3.05) is 24.3 Å². The Hall–Kier alpha value is -3.07. The second-order valence-electron chi connectivity index (χ2n) is 6.17. The number of methoxy groups -OCH3 is 1. The van der Waals surface area contributed by atoms with Crippen molar-refractivity contribution >= 4 is 27.8 Å². The van der Waals surface area contributed by atoms with Gasteiger partial charge < -0.3 is 9.47 Å². The number of sulfonamides is 1. The fourth-order valence-electron chi connectivity index (χ4n) is 2.62. The van der Waals surface area contributed by atoms with Crippen LogP contribution in [0.5, 0.6) is 11.5 Å². The lowest BCUT2D eigenvalue weighted by atomic mass is 10.2. The first kappa shape index (κ1) is 22.2. The topological polar surface area (TPSA) is 97.3 Å². The molecule has 0 aliphatic heterocycles. The van der Waals surface area contributed by atoms with Crippen LogP contribution in [0, 0.1) is 0 Å². The molecule has 0 saturated carbocycles. The lowest BCUT2D eigenvalue weighted by molar-refractivity contribution is -0.121. The number of benzene rings is 2. The Morgan fingerprint density at radius 3 is 2.24 bits per heavy atom. The van der Waals surface area contributed by atoms with E-state index in [0.29, 0.717) is 18.0 Å². The normalized spacial score (nSPS) is 12.4. The van der Waals surface area contributed by atoms with Crippen LogP contribution < -0.4 is 19.2 Å². The monoisotopic (exact) mass is 419 g/mol. The number of anilines is 1. The first-order valence-corrected chi connectivity index (χ1v) is 10.8. The number of amides is 1. The van der Waals surface area contributed by atoms with Crippen molar-refractivity contribution < 1.29 is 22.7 Å². The Balaban J connectivity index is 2.10. The molecular weight excluding hydrogens is 394 g/mol. The number of rotatable bonds is 9. The number of hydrogen-bond donors (Lipinski definition) is 1. The predicted molar refractivity (Wildman–Crippen MR) is 113 cm³/mol. The fourth-order valence-corrected chi connectivity index (χ4v) is 3.79. The van der Waals surface area contributed by atoms with Gasteiger partial charge in [0.2, 0.25) is 10.0 Å². The molecule has 0 saturated heterocycles. The second kappa shape index (κ2) is 9.92. The molecule has 1 amide bonds. The first-order valence-electron chi connectivity index (χ1n) is 8.95. The van der Waals surface area contributed by atoms with Crippen molar-refractivity contribution in [2.24, 2.45) is 5.10 Å². The zero-order valence-electron chi connectivity index (χ0n) is 16.8. The minimum atomic E-state index is -3.70.